The maximum atomic E-state index is 14.4. The van der Waals surface area contributed by atoms with Crippen LogP contribution >= 0.6 is 0 Å². The fourth-order valence-electron chi connectivity index (χ4n) is 3.03. The molecule has 0 unspecified atom stereocenters. The molecular weight excluding hydrogens is 359 g/mol. The maximum absolute atomic E-state index is 14.4. The first-order valence-corrected chi connectivity index (χ1v) is 9.17. The molecule has 2 aromatic heterocycles. The Balaban J connectivity index is 1.77. The van der Waals surface area contributed by atoms with Crippen LogP contribution < -0.4 is 10.9 Å². The molecular formula is C21H23FN4O2. The molecule has 2 N–H and O–H groups in total. The third kappa shape index (κ3) is 4.54. The molecule has 0 saturated heterocycles. The highest BCUT2D eigenvalue weighted by molar-refractivity contribution is 5.94. The number of nitrogens with one attached hydrogen (secondary N) is 2. The van der Waals surface area contributed by atoms with Crippen molar-refractivity contribution in [3.63, 3.8) is 0 Å². The number of aromatic nitrogens is 3. The number of pyridine rings is 1. The zero-order valence-corrected chi connectivity index (χ0v) is 16.1. The van der Waals surface area contributed by atoms with Gasteiger partial charge < -0.3 is 10.3 Å². The number of hydrogen-bond donors (Lipinski definition) is 2. The van der Waals surface area contributed by atoms with E-state index in [0.29, 0.717) is 29.2 Å². The van der Waals surface area contributed by atoms with Crippen molar-refractivity contribution in [3.8, 4) is 5.69 Å². The monoisotopic (exact) mass is 382 g/mol. The van der Waals surface area contributed by atoms with Gasteiger partial charge in [0.15, 0.2) is 0 Å². The number of amides is 1. The van der Waals surface area contributed by atoms with Gasteiger partial charge in [0.2, 0.25) is 5.56 Å². The number of H-pyrrole nitrogens is 1. The van der Waals surface area contributed by atoms with E-state index in [1.807, 2.05) is 13.8 Å². The van der Waals surface area contributed by atoms with E-state index in [2.05, 4.69) is 15.4 Å². The van der Waals surface area contributed by atoms with Gasteiger partial charge in [-0.2, -0.15) is 5.10 Å². The number of benzene rings is 1. The molecule has 0 radical (unpaired) electrons. The summed E-state index contributed by atoms with van der Waals surface area (Å²) in [6, 6.07) is 8.98. The van der Waals surface area contributed by atoms with Gasteiger partial charge in [-0.05, 0) is 49.1 Å². The van der Waals surface area contributed by atoms with E-state index >= 15 is 0 Å². The Bertz CT molecular complexity index is 1030. The number of carbonyl (C=O) groups excluding carboxylic acids is 1. The molecule has 7 heteroatoms. The van der Waals surface area contributed by atoms with Crippen LogP contribution in [0.3, 0.4) is 0 Å². The van der Waals surface area contributed by atoms with Gasteiger partial charge in [0, 0.05) is 29.7 Å². The van der Waals surface area contributed by atoms with Gasteiger partial charge in [-0.1, -0.05) is 19.9 Å². The van der Waals surface area contributed by atoms with E-state index < -0.39 is 11.9 Å². The van der Waals surface area contributed by atoms with Crippen LogP contribution in [0.25, 0.3) is 5.69 Å². The number of aromatic amines is 1. The van der Waals surface area contributed by atoms with Gasteiger partial charge in [0.05, 0.1) is 6.04 Å². The van der Waals surface area contributed by atoms with Crippen LogP contribution in [0.1, 0.15) is 48.4 Å². The lowest BCUT2D eigenvalue weighted by Gasteiger charge is -2.16. The Labute approximate surface area is 162 Å². The van der Waals surface area contributed by atoms with Gasteiger partial charge in [0.25, 0.3) is 5.91 Å². The predicted molar refractivity (Wildman–Crippen MR) is 105 cm³/mol. The van der Waals surface area contributed by atoms with Crippen LogP contribution in [-0.2, 0) is 6.42 Å². The van der Waals surface area contributed by atoms with Crippen molar-refractivity contribution >= 4 is 5.91 Å². The summed E-state index contributed by atoms with van der Waals surface area (Å²) in [7, 11) is 0. The largest absolute Gasteiger partial charge is 0.346 e. The van der Waals surface area contributed by atoms with Crippen LogP contribution in [0, 0.1) is 11.7 Å². The Hall–Kier alpha value is -3.22. The molecule has 3 aromatic rings. The van der Waals surface area contributed by atoms with Crippen molar-refractivity contribution in [2.24, 2.45) is 5.92 Å². The zero-order chi connectivity index (χ0) is 20.3. The second kappa shape index (κ2) is 8.21. The molecule has 1 atom stereocenters. The van der Waals surface area contributed by atoms with Crippen molar-refractivity contribution in [2.75, 3.05) is 0 Å². The number of hydrogen-bond acceptors (Lipinski definition) is 3. The molecule has 0 spiro atoms. The van der Waals surface area contributed by atoms with E-state index in [1.54, 1.807) is 43.6 Å². The Morgan fingerprint density at radius 2 is 2.04 bits per heavy atom. The van der Waals surface area contributed by atoms with Gasteiger partial charge in [-0.15, -0.1) is 0 Å². The highest BCUT2D eigenvalue weighted by atomic mass is 19.1. The summed E-state index contributed by atoms with van der Waals surface area (Å²) in [5.74, 6) is -0.456. The Morgan fingerprint density at radius 1 is 1.25 bits per heavy atom. The molecule has 6 nitrogen and oxygen atoms in total. The van der Waals surface area contributed by atoms with Gasteiger partial charge >= 0.3 is 0 Å². The van der Waals surface area contributed by atoms with Crippen molar-refractivity contribution in [1.29, 1.82) is 0 Å². The van der Waals surface area contributed by atoms with Crippen molar-refractivity contribution in [2.45, 2.75) is 33.2 Å². The van der Waals surface area contributed by atoms with Crippen LogP contribution in [0.15, 0.2) is 53.6 Å². The molecule has 1 aromatic carbocycles. The number of halogens is 1. The van der Waals surface area contributed by atoms with Crippen LogP contribution in [0.2, 0.25) is 0 Å². The quantitative estimate of drug-likeness (QED) is 0.686. The third-order valence-electron chi connectivity index (χ3n) is 4.36. The molecule has 28 heavy (non-hydrogen) atoms. The smallest absolute Gasteiger partial charge is 0.252 e. The van der Waals surface area contributed by atoms with Crippen molar-refractivity contribution in [3.05, 3.63) is 81.8 Å². The average molecular weight is 382 g/mol. The maximum Gasteiger partial charge on any atom is 0.252 e. The van der Waals surface area contributed by atoms with E-state index in [4.69, 9.17) is 0 Å². The number of nitrogens with zero attached hydrogens (tertiary/aromatic N) is 2. The fourth-order valence-corrected chi connectivity index (χ4v) is 3.03. The summed E-state index contributed by atoms with van der Waals surface area (Å²) in [4.78, 5) is 27.2. The van der Waals surface area contributed by atoms with E-state index in [9.17, 15) is 14.0 Å². The van der Waals surface area contributed by atoms with E-state index in [0.717, 1.165) is 5.69 Å². The molecule has 0 saturated carbocycles. The topological polar surface area (TPSA) is 79.8 Å². The average Bonchev–Trinajstić information content (AvgIpc) is 3.14. The normalized spacial score (nSPS) is 12.2. The number of carbonyl (C=O) groups is 1. The highest BCUT2D eigenvalue weighted by Gasteiger charge is 2.15. The zero-order valence-electron chi connectivity index (χ0n) is 16.1. The summed E-state index contributed by atoms with van der Waals surface area (Å²) >= 11 is 0. The first kappa shape index (κ1) is 19.5. The molecule has 0 aliphatic carbocycles. The summed E-state index contributed by atoms with van der Waals surface area (Å²) in [5.41, 5.74) is 1.65. The van der Waals surface area contributed by atoms with Crippen molar-refractivity contribution in [1.82, 2.24) is 20.1 Å². The molecule has 0 bridgehead atoms. The minimum atomic E-state index is -0.433. The van der Waals surface area contributed by atoms with Crippen molar-refractivity contribution < 1.29 is 9.18 Å². The van der Waals surface area contributed by atoms with Gasteiger partial charge in [0.1, 0.15) is 11.5 Å². The minimum Gasteiger partial charge on any atom is -0.346 e. The first-order valence-electron chi connectivity index (χ1n) is 9.17. The SMILES string of the molecule is CC(C)Cc1cc(C(=O)N[C@@H](C)c2ccc(-n3cccn3)c(F)c2)cc(=O)[nH]1. The lowest BCUT2D eigenvalue weighted by molar-refractivity contribution is 0.0939. The molecule has 0 aliphatic rings. The first-order chi connectivity index (χ1) is 13.3. The molecule has 0 fully saturated rings. The summed E-state index contributed by atoms with van der Waals surface area (Å²) in [6.45, 7) is 5.84. The molecule has 1 amide bonds. The summed E-state index contributed by atoms with van der Waals surface area (Å²) in [6.07, 6.45) is 3.91. The fraction of sp³-hybridized carbons (Fsp3) is 0.286. The summed E-state index contributed by atoms with van der Waals surface area (Å²) < 4.78 is 15.9. The predicted octanol–water partition coefficient (Wildman–Crippen LogP) is 3.39. The Morgan fingerprint density at radius 3 is 2.68 bits per heavy atom. The standard InChI is InChI=1S/C21H23FN4O2/c1-13(2)9-17-10-16(12-20(27)25-17)21(28)24-14(3)15-5-6-19(18(22)11-15)26-8-4-7-23-26/h4-8,10-14H,9H2,1-3H3,(H,24,28)(H,25,27)/t14-/m0/s1. The molecule has 3 rings (SSSR count). The van der Waals surface area contributed by atoms with Crippen LogP contribution in [0.5, 0.6) is 0 Å². The second-order valence-corrected chi connectivity index (χ2v) is 7.21. The van der Waals surface area contributed by atoms with Crippen LogP contribution in [-0.4, -0.2) is 20.7 Å². The Kier molecular flexibility index (Phi) is 5.73. The van der Waals surface area contributed by atoms with E-state index in [-0.39, 0.29) is 11.5 Å². The van der Waals surface area contributed by atoms with Gasteiger partial charge in [-0.25, -0.2) is 9.07 Å². The highest BCUT2D eigenvalue weighted by Crippen LogP contribution is 2.19. The summed E-state index contributed by atoms with van der Waals surface area (Å²) in [5, 5.41) is 6.84. The molecule has 2 heterocycles. The van der Waals surface area contributed by atoms with E-state index in [1.165, 1.54) is 16.8 Å². The second-order valence-electron chi connectivity index (χ2n) is 7.21. The lowest BCUT2D eigenvalue weighted by atomic mass is 10.0. The van der Waals surface area contributed by atoms with Crippen LogP contribution in [0.4, 0.5) is 4.39 Å². The molecule has 0 aliphatic heterocycles. The molecule has 146 valence electrons. The lowest BCUT2D eigenvalue weighted by Crippen LogP contribution is -2.28. The number of rotatable bonds is 6. The van der Waals surface area contributed by atoms with Gasteiger partial charge in [-0.3, -0.25) is 9.59 Å². The third-order valence-corrected chi connectivity index (χ3v) is 4.36. The minimum absolute atomic E-state index is 0.292.